The lowest BCUT2D eigenvalue weighted by Crippen LogP contribution is -2.03. The molecule has 36 heavy (non-hydrogen) atoms. The van der Waals surface area contributed by atoms with Crippen LogP contribution in [0.5, 0.6) is 0 Å². The van der Waals surface area contributed by atoms with Gasteiger partial charge in [-0.3, -0.25) is 0 Å². The molecule has 0 saturated carbocycles. The van der Waals surface area contributed by atoms with Crippen molar-refractivity contribution in [3.05, 3.63) is 118 Å². The van der Waals surface area contributed by atoms with Crippen LogP contribution in [0.2, 0.25) is 0 Å². The average Bonchev–Trinajstić information content (AvgIpc) is 3.39. The first-order chi connectivity index (χ1) is 17.8. The smallest absolute Gasteiger partial charge is 0.124 e. The molecular weight excluding hydrogens is 571 g/mol. The molecule has 2 heterocycles. The SMILES string of the molecule is Ic1c(-c2ccc3c(c2)-c2sc(-c4ccccc4)nc2CC3)c(-c2ccccc2)nc2ccccc12. The van der Waals surface area contributed by atoms with Gasteiger partial charge >= 0.3 is 0 Å². The molecule has 0 N–H and O–H groups in total. The van der Waals surface area contributed by atoms with Gasteiger partial charge in [-0.05, 0) is 64.3 Å². The average molecular weight is 593 g/mol. The summed E-state index contributed by atoms with van der Waals surface area (Å²) in [7, 11) is 0. The van der Waals surface area contributed by atoms with Crippen LogP contribution < -0.4 is 0 Å². The van der Waals surface area contributed by atoms with Gasteiger partial charge < -0.3 is 0 Å². The number of hydrogen-bond acceptors (Lipinski definition) is 3. The molecule has 1 aliphatic carbocycles. The van der Waals surface area contributed by atoms with Crippen molar-refractivity contribution in [3.8, 4) is 43.4 Å². The minimum absolute atomic E-state index is 0.995. The normalized spacial score (nSPS) is 12.4. The Balaban J connectivity index is 1.44. The van der Waals surface area contributed by atoms with Gasteiger partial charge in [-0.25, -0.2) is 9.97 Å². The Kier molecular flexibility index (Phi) is 5.44. The van der Waals surface area contributed by atoms with E-state index in [4.69, 9.17) is 9.97 Å². The van der Waals surface area contributed by atoms with Crippen LogP contribution in [-0.2, 0) is 12.8 Å². The number of halogens is 1. The van der Waals surface area contributed by atoms with Crippen LogP contribution in [-0.4, -0.2) is 9.97 Å². The third-order valence-corrected chi connectivity index (χ3v) is 9.17. The molecule has 0 amide bonds. The Bertz CT molecular complexity index is 1740. The van der Waals surface area contributed by atoms with Crippen molar-refractivity contribution in [2.45, 2.75) is 12.8 Å². The molecule has 0 fully saturated rings. The molecule has 0 aliphatic heterocycles. The first-order valence-corrected chi connectivity index (χ1v) is 14.0. The number of aromatic nitrogens is 2. The minimum Gasteiger partial charge on any atom is -0.247 e. The van der Waals surface area contributed by atoms with E-state index in [1.807, 2.05) is 11.3 Å². The number of pyridine rings is 1. The van der Waals surface area contributed by atoms with E-state index < -0.39 is 0 Å². The molecule has 0 radical (unpaired) electrons. The Hall–Kier alpha value is -3.35. The summed E-state index contributed by atoms with van der Waals surface area (Å²) in [5.41, 5.74) is 10.7. The van der Waals surface area contributed by atoms with Crippen molar-refractivity contribution in [2.24, 2.45) is 0 Å². The van der Waals surface area contributed by atoms with Gasteiger partial charge in [0.05, 0.1) is 21.8 Å². The van der Waals surface area contributed by atoms with Gasteiger partial charge in [0.1, 0.15) is 5.01 Å². The largest absolute Gasteiger partial charge is 0.247 e. The summed E-state index contributed by atoms with van der Waals surface area (Å²) in [5.74, 6) is 0. The molecule has 0 bridgehead atoms. The number of para-hydroxylation sites is 1. The van der Waals surface area contributed by atoms with Crippen LogP contribution in [0, 0.1) is 3.57 Å². The zero-order chi connectivity index (χ0) is 24.1. The Morgan fingerprint density at radius 1 is 0.667 bits per heavy atom. The standard InChI is InChI=1S/C32H21IN2S/c33-29-24-13-7-8-14-26(24)34-30(21-9-3-1-4-10-21)28(29)23-16-15-20-17-18-27-31(25(20)19-23)36-32(35-27)22-11-5-2-6-12-22/h1-16,19H,17-18H2. The molecule has 4 heteroatoms. The Morgan fingerprint density at radius 3 is 2.19 bits per heavy atom. The van der Waals surface area contributed by atoms with Crippen LogP contribution in [0.25, 0.3) is 54.3 Å². The molecular formula is C32H21IN2S. The number of thiazole rings is 1. The highest BCUT2D eigenvalue weighted by molar-refractivity contribution is 14.1. The molecule has 1 aliphatic rings. The fourth-order valence-corrected chi connectivity index (χ4v) is 7.28. The predicted octanol–water partition coefficient (Wildman–Crippen LogP) is 9.06. The monoisotopic (exact) mass is 592 g/mol. The second kappa shape index (κ2) is 8.95. The zero-order valence-corrected chi connectivity index (χ0v) is 22.4. The lowest BCUT2D eigenvalue weighted by Gasteiger charge is -2.19. The van der Waals surface area contributed by atoms with Gasteiger partial charge in [0.15, 0.2) is 0 Å². The van der Waals surface area contributed by atoms with Crippen molar-refractivity contribution in [2.75, 3.05) is 0 Å². The fourth-order valence-electron chi connectivity index (χ4n) is 5.09. The third-order valence-electron chi connectivity index (χ3n) is 6.87. The molecule has 172 valence electrons. The van der Waals surface area contributed by atoms with Gasteiger partial charge in [-0.2, -0.15) is 0 Å². The second-order valence-corrected chi connectivity index (χ2v) is 11.1. The van der Waals surface area contributed by atoms with Crippen molar-refractivity contribution in [1.29, 1.82) is 0 Å². The maximum atomic E-state index is 5.17. The summed E-state index contributed by atoms with van der Waals surface area (Å²) >= 11 is 4.33. The number of aryl methyl sites for hydroxylation is 2. The molecule has 7 rings (SSSR count). The second-order valence-electron chi connectivity index (χ2n) is 9.07. The lowest BCUT2D eigenvalue weighted by molar-refractivity contribution is 0.912. The van der Waals surface area contributed by atoms with E-state index in [0.29, 0.717) is 0 Å². The van der Waals surface area contributed by atoms with Crippen LogP contribution in [0.1, 0.15) is 11.3 Å². The highest BCUT2D eigenvalue weighted by Gasteiger charge is 2.24. The first-order valence-electron chi connectivity index (χ1n) is 12.1. The van der Waals surface area contributed by atoms with E-state index >= 15 is 0 Å². The highest BCUT2D eigenvalue weighted by Crippen LogP contribution is 2.44. The van der Waals surface area contributed by atoms with Crippen LogP contribution in [0.4, 0.5) is 0 Å². The molecule has 0 saturated heterocycles. The van der Waals surface area contributed by atoms with E-state index in [-0.39, 0.29) is 0 Å². The molecule has 2 aromatic heterocycles. The van der Waals surface area contributed by atoms with Gasteiger partial charge in [0.2, 0.25) is 0 Å². The number of nitrogens with zero attached hydrogens (tertiary/aromatic N) is 2. The molecule has 2 nitrogen and oxygen atoms in total. The quantitative estimate of drug-likeness (QED) is 0.192. The molecule has 4 aromatic carbocycles. The summed E-state index contributed by atoms with van der Waals surface area (Å²) in [6, 6.07) is 36.5. The number of rotatable bonds is 3. The van der Waals surface area contributed by atoms with E-state index in [1.54, 1.807) is 0 Å². The van der Waals surface area contributed by atoms with Gasteiger partial charge in [-0.1, -0.05) is 91.0 Å². The summed E-state index contributed by atoms with van der Waals surface area (Å²) < 4.78 is 1.24. The van der Waals surface area contributed by atoms with Crippen molar-refractivity contribution in [1.82, 2.24) is 9.97 Å². The minimum atomic E-state index is 0.995. The molecule has 0 spiro atoms. The van der Waals surface area contributed by atoms with E-state index in [2.05, 4.69) is 126 Å². The summed E-state index contributed by atoms with van der Waals surface area (Å²) in [6.45, 7) is 0. The Morgan fingerprint density at radius 2 is 1.39 bits per heavy atom. The van der Waals surface area contributed by atoms with Crippen molar-refractivity contribution >= 4 is 44.8 Å². The van der Waals surface area contributed by atoms with E-state index in [1.165, 1.54) is 47.3 Å². The predicted molar refractivity (Wildman–Crippen MR) is 159 cm³/mol. The molecule has 6 aromatic rings. The van der Waals surface area contributed by atoms with E-state index in [9.17, 15) is 0 Å². The summed E-state index contributed by atoms with van der Waals surface area (Å²) in [4.78, 5) is 11.5. The van der Waals surface area contributed by atoms with Gasteiger partial charge in [0.25, 0.3) is 0 Å². The summed E-state index contributed by atoms with van der Waals surface area (Å²) in [6.07, 6.45) is 2.02. The molecule has 0 unspecified atom stereocenters. The first kappa shape index (κ1) is 21.9. The maximum Gasteiger partial charge on any atom is 0.124 e. The topological polar surface area (TPSA) is 25.8 Å². The van der Waals surface area contributed by atoms with E-state index in [0.717, 1.165) is 34.6 Å². The Labute approximate surface area is 227 Å². The number of benzene rings is 4. The maximum absolute atomic E-state index is 5.17. The van der Waals surface area contributed by atoms with Gasteiger partial charge in [-0.15, -0.1) is 11.3 Å². The van der Waals surface area contributed by atoms with Gasteiger partial charge in [0, 0.05) is 25.6 Å². The van der Waals surface area contributed by atoms with Crippen LogP contribution in [0.3, 0.4) is 0 Å². The molecule has 0 atom stereocenters. The fraction of sp³-hybridized carbons (Fsp3) is 0.0625. The van der Waals surface area contributed by atoms with Crippen LogP contribution in [0.15, 0.2) is 103 Å². The lowest BCUT2D eigenvalue weighted by atomic mass is 9.89. The van der Waals surface area contributed by atoms with Crippen LogP contribution >= 0.6 is 33.9 Å². The van der Waals surface area contributed by atoms with Crippen molar-refractivity contribution in [3.63, 3.8) is 0 Å². The number of fused-ring (bicyclic) bond motifs is 4. The third kappa shape index (κ3) is 3.67. The number of hydrogen-bond donors (Lipinski definition) is 0. The highest BCUT2D eigenvalue weighted by atomic mass is 127. The van der Waals surface area contributed by atoms with Crippen molar-refractivity contribution < 1.29 is 0 Å². The summed E-state index contributed by atoms with van der Waals surface area (Å²) in [5, 5.41) is 2.29. The zero-order valence-electron chi connectivity index (χ0n) is 19.4.